The molecule has 1 aromatic heterocycles. The molecule has 0 radical (unpaired) electrons. The average molecular weight is 641 g/mol. The minimum absolute atomic E-state index is 0.195. The smallest absolute Gasteiger partial charge is 0.247 e. The number of rotatable bonds is 14. The molecule has 6 rings (SSSR count). The number of carbonyl (C=O) groups excluding carboxylic acids is 2. The number of aromatic nitrogens is 2. The third-order valence-corrected chi connectivity index (χ3v) is 9.03. The highest BCUT2D eigenvalue weighted by Gasteiger charge is 2.38. The lowest BCUT2D eigenvalue weighted by molar-refractivity contribution is -0.121. The molecule has 2 amide bonds. The standard InChI is InChI=1S/C35H41ClN8O2/c1-2-32(45)40-29-6-3-5-24(19-29)22-38-34-31(36)23-39-35(42-34)41-28-7-9-30(10-8-28)44-15-13-43(14-16-44)12-4-11-37-33(46)20-25-17-26-21-27(26)18-25/h2-3,5-10,17,19,23,25,27H,1,4,11-16,18,20-22H2,(H,37,46)(H,40,45)(H2,38,39,41,42)/t25?,27-/m1/s1. The second-order valence-corrected chi connectivity index (χ2v) is 12.6. The van der Waals surface area contributed by atoms with E-state index in [2.05, 4.69) is 65.8 Å². The van der Waals surface area contributed by atoms with Gasteiger partial charge in [-0.15, -0.1) is 0 Å². The minimum atomic E-state index is -0.260. The molecule has 1 aliphatic heterocycles. The summed E-state index contributed by atoms with van der Waals surface area (Å²) >= 11 is 6.37. The molecular formula is C35H41ClN8O2. The Kier molecular flexibility index (Phi) is 10.1. The molecule has 4 N–H and O–H groups in total. The molecule has 2 fully saturated rings. The number of hydrogen-bond acceptors (Lipinski definition) is 8. The van der Waals surface area contributed by atoms with Gasteiger partial charge in [0.25, 0.3) is 0 Å². The number of fused-ring (bicyclic) bond motifs is 1. The van der Waals surface area contributed by atoms with Gasteiger partial charge in [0.1, 0.15) is 5.02 Å². The first kappa shape index (κ1) is 31.6. The zero-order chi connectivity index (χ0) is 31.9. The highest BCUT2D eigenvalue weighted by atomic mass is 35.5. The van der Waals surface area contributed by atoms with Gasteiger partial charge >= 0.3 is 0 Å². The predicted molar refractivity (Wildman–Crippen MR) is 185 cm³/mol. The van der Waals surface area contributed by atoms with Gasteiger partial charge in [-0.05, 0) is 85.7 Å². The maximum absolute atomic E-state index is 12.3. The summed E-state index contributed by atoms with van der Waals surface area (Å²) in [6.45, 7) is 9.65. The molecule has 11 heteroatoms. The molecule has 46 heavy (non-hydrogen) atoms. The predicted octanol–water partition coefficient (Wildman–Crippen LogP) is 5.59. The van der Waals surface area contributed by atoms with Gasteiger partial charge in [-0.1, -0.05) is 42.0 Å². The number of halogens is 1. The van der Waals surface area contributed by atoms with Crippen LogP contribution < -0.4 is 26.2 Å². The van der Waals surface area contributed by atoms with E-state index in [4.69, 9.17) is 11.6 Å². The van der Waals surface area contributed by atoms with E-state index >= 15 is 0 Å². The molecule has 0 bridgehead atoms. The van der Waals surface area contributed by atoms with Crippen LogP contribution in [0.3, 0.4) is 0 Å². The van der Waals surface area contributed by atoms with Crippen molar-refractivity contribution >= 4 is 52.2 Å². The largest absolute Gasteiger partial charge is 0.369 e. The first-order valence-corrected chi connectivity index (χ1v) is 16.4. The van der Waals surface area contributed by atoms with Crippen LogP contribution in [0.4, 0.5) is 28.8 Å². The van der Waals surface area contributed by atoms with E-state index < -0.39 is 0 Å². The van der Waals surface area contributed by atoms with Crippen molar-refractivity contribution in [1.29, 1.82) is 0 Å². The molecule has 10 nitrogen and oxygen atoms in total. The Morgan fingerprint density at radius 1 is 1.07 bits per heavy atom. The highest BCUT2D eigenvalue weighted by Crippen LogP contribution is 2.50. The normalized spacial score (nSPS) is 18.7. The zero-order valence-electron chi connectivity index (χ0n) is 26.0. The molecule has 2 atom stereocenters. The molecule has 3 aromatic rings. The minimum Gasteiger partial charge on any atom is -0.369 e. The van der Waals surface area contributed by atoms with Crippen molar-refractivity contribution in [2.75, 3.05) is 60.1 Å². The Morgan fingerprint density at radius 3 is 2.65 bits per heavy atom. The summed E-state index contributed by atoms with van der Waals surface area (Å²) in [6, 6.07) is 15.8. The summed E-state index contributed by atoms with van der Waals surface area (Å²) in [5.74, 6) is 2.15. The number of anilines is 5. The van der Waals surface area contributed by atoms with E-state index in [1.165, 1.54) is 24.6 Å². The third kappa shape index (κ3) is 8.64. The average Bonchev–Trinajstić information content (AvgIpc) is 3.68. The summed E-state index contributed by atoms with van der Waals surface area (Å²) in [4.78, 5) is 37.7. The number of benzene rings is 2. The van der Waals surface area contributed by atoms with Crippen LogP contribution in [0.1, 0.15) is 31.2 Å². The van der Waals surface area contributed by atoms with Crippen molar-refractivity contribution < 1.29 is 9.59 Å². The van der Waals surface area contributed by atoms with Crippen molar-refractivity contribution in [3.05, 3.63) is 89.6 Å². The van der Waals surface area contributed by atoms with Crippen LogP contribution in [0, 0.1) is 11.8 Å². The van der Waals surface area contributed by atoms with E-state index in [1.807, 2.05) is 36.4 Å². The second-order valence-electron chi connectivity index (χ2n) is 12.2. The van der Waals surface area contributed by atoms with Crippen LogP contribution in [0.5, 0.6) is 0 Å². The van der Waals surface area contributed by atoms with Crippen molar-refractivity contribution in [2.45, 2.75) is 32.2 Å². The van der Waals surface area contributed by atoms with Crippen molar-refractivity contribution in [1.82, 2.24) is 20.2 Å². The fraction of sp³-hybridized carbons (Fsp3) is 0.371. The van der Waals surface area contributed by atoms with Gasteiger partial charge in [0.05, 0.1) is 6.20 Å². The van der Waals surface area contributed by atoms with E-state index in [-0.39, 0.29) is 11.8 Å². The molecule has 2 heterocycles. The number of carbonyl (C=O) groups is 2. The van der Waals surface area contributed by atoms with Crippen LogP contribution in [0.2, 0.25) is 5.02 Å². The number of allylic oxidation sites excluding steroid dienone is 2. The van der Waals surface area contributed by atoms with Crippen molar-refractivity contribution in [2.24, 2.45) is 11.8 Å². The molecule has 2 aliphatic carbocycles. The molecule has 1 saturated carbocycles. The summed E-state index contributed by atoms with van der Waals surface area (Å²) in [5, 5.41) is 12.8. The van der Waals surface area contributed by atoms with Crippen molar-refractivity contribution in [3.8, 4) is 0 Å². The van der Waals surface area contributed by atoms with Gasteiger partial charge in [0.2, 0.25) is 17.8 Å². The number of nitrogens with one attached hydrogen (secondary N) is 4. The number of amides is 2. The van der Waals surface area contributed by atoms with Gasteiger partial charge < -0.3 is 26.2 Å². The topological polar surface area (TPSA) is 115 Å². The molecule has 1 unspecified atom stereocenters. The summed E-state index contributed by atoms with van der Waals surface area (Å²) in [6.07, 6.45) is 9.21. The van der Waals surface area contributed by atoms with Crippen LogP contribution in [-0.2, 0) is 16.1 Å². The Hall–Kier alpha value is -4.41. The highest BCUT2D eigenvalue weighted by molar-refractivity contribution is 6.32. The molecule has 240 valence electrons. The monoisotopic (exact) mass is 640 g/mol. The van der Waals surface area contributed by atoms with E-state index in [0.717, 1.165) is 62.9 Å². The van der Waals surface area contributed by atoms with Crippen LogP contribution in [-0.4, -0.2) is 66.0 Å². The lowest BCUT2D eigenvalue weighted by Crippen LogP contribution is -2.47. The number of piperazine rings is 1. The Labute approximate surface area is 275 Å². The first-order valence-electron chi connectivity index (χ1n) is 16.0. The Bertz CT molecular complexity index is 1590. The van der Waals surface area contributed by atoms with Crippen LogP contribution >= 0.6 is 11.6 Å². The number of hydrogen-bond donors (Lipinski definition) is 4. The lowest BCUT2D eigenvalue weighted by atomic mass is 10.0. The van der Waals surface area contributed by atoms with E-state index in [9.17, 15) is 9.59 Å². The fourth-order valence-electron chi connectivity index (χ4n) is 6.19. The Balaban J connectivity index is 0.917. The molecular weight excluding hydrogens is 600 g/mol. The van der Waals surface area contributed by atoms with Gasteiger partial charge in [0.15, 0.2) is 5.82 Å². The van der Waals surface area contributed by atoms with Gasteiger partial charge in [-0.25, -0.2) is 4.98 Å². The summed E-state index contributed by atoms with van der Waals surface area (Å²) < 4.78 is 0. The van der Waals surface area contributed by atoms with Gasteiger partial charge in [0, 0.05) is 62.8 Å². The Morgan fingerprint density at radius 2 is 1.89 bits per heavy atom. The molecule has 3 aliphatic rings. The van der Waals surface area contributed by atoms with E-state index in [0.29, 0.717) is 41.4 Å². The second kappa shape index (κ2) is 14.8. The summed E-state index contributed by atoms with van der Waals surface area (Å²) in [7, 11) is 0. The fourth-order valence-corrected chi connectivity index (χ4v) is 6.35. The first-order chi connectivity index (χ1) is 22.4. The molecule has 1 saturated heterocycles. The summed E-state index contributed by atoms with van der Waals surface area (Å²) in [5.41, 5.74) is 5.28. The van der Waals surface area contributed by atoms with Crippen LogP contribution in [0.15, 0.2) is 79.0 Å². The zero-order valence-corrected chi connectivity index (χ0v) is 26.7. The SMILES string of the molecule is C=CC(=O)Nc1cccc(CNc2nc(Nc3ccc(N4CCN(CCCNC(=O)CC5C=C6C[C@H]6C5)CC4)cc3)ncc2Cl)c1. The maximum atomic E-state index is 12.3. The third-order valence-electron chi connectivity index (χ3n) is 8.75. The molecule has 2 aromatic carbocycles. The number of nitrogens with zero attached hydrogens (tertiary/aromatic N) is 4. The van der Waals surface area contributed by atoms with Crippen molar-refractivity contribution in [3.63, 3.8) is 0 Å². The van der Waals surface area contributed by atoms with Crippen LogP contribution in [0.25, 0.3) is 0 Å². The quantitative estimate of drug-likeness (QED) is 0.102. The van der Waals surface area contributed by atoms with Gasteiger partial charge in [-0.2, -0.15) is 4.98 Å². The lowest BCUT2D eigenvalue weighted by Gasteiger charge is -2.36. The maximum Gasteiger partial charge on any atom is 0.247 e. The van der Waals surface area contributed by atoms with E-state index in [1.54, 1.807) is 11.8 Å². The molecule has 0 spiro atoms. The van der Waals surface area contributed by atoms with Gasteiger partial charge in [-0.3, -0.25) is 14.5 Å².